The standard InChI is InChI=1S/C11H18N2O2/c1-3-8-6-9(8)13-5-4-10(14)12-7(2)11(13)15/h7-9H,3-6H2,1-2H3,(H,12,14). The highest BCUT2D eigenvalue weighted by atomic mass is 16.2. The van der Waals surface area contributed by atoms with Crippen molar-refractivity contribution in [2.45, 2.75) is 45.2 Å². The predicted octanol–water partition coefficient (Wildman–Crippen LogP) is 0.522. The molecule has 1 N–H and O–H groups in total. The van der Waals surface area contributed by atoms with Crippen LogP contribution in [0.4, 0.5) is 0 Å². The van der Waals surface area contributed by atoms with Crippen LogP contribution >= 0.6 is 0 Å². The number of hydrogen-bond donors (Lipinski definition) is 1. The molecule has 0 radical (unpaired) electrons. The molecule has 1 aliphatic heterocycles. The summed E-state index contributed by atoms with van der Waals surface area (Å²) >= 11 is 0. The van der Waals surface area contributed by atoms with E-state index in [2.05, 4.69) is 12.2 Å². The Kier molecular flexibility index (Phi) is 2.67. The minimum absolute atomic E-state index is 0.00736. The Hall–Kier alpha value is -1.06. The second kappa shape index (κ2) is 3.83. The molecule has 2 aliphatic rings. The second-order valence-electron chi connectivity index (χ2n) is 4.54. The van der Waals surface area contributed by atoms with Crippen molar-refractivity contribution in [2.75, 3.05) is 6.54 Å². The molecule has 1 aliphatic carbocycles. The van der Waals surface area contributed by atoms with Crippen LogP contribution in [0.25, 0.3) is 0 Å². The SMILES string of the molecule is CCC1CC1N1CCC(=O)NC(C)C1=O. The van der Waals surface area contributed by atoms with E-state index in [0.29, 0.717) is 24.9 Å². The summed E-state index contributed by atoms with van der Waals surface area (Å²) in [6.07, 6.45) is 2.69. The van der Waals surface area contributed by atoms with Gasteiger partial charge in [-0.3, -0.25) is 9.59 Å². The number of rotatable bonds is 2. The molecule has 4 nitrogen and oxygen atoms in total. The summed E-state index contributed by atoms with van der Waals surface area (Å²) in [5, 5.41) is 2.71. The van der Waals surface area contributed by atoms with E-state index in [1.165, 1.54) is 0 Å². The molecule has 3 atom stereocenters. The van der Waals surface area contributed by atoms with Crippen LogP contribution in [0, 0.1) is 5.92 Å². The fourth-order valence-corrected chi connectivity index (χ4v) is 2.34. The summed E-state index contributed by atoms with van der Waals surface area (Å²) in [6, 6.07) is 0.0516. The molecule has 0 bridgehead atoms. The maximum atomic E-state index is 11.9. The van der Waals surface area contributed by atoms with Gasteiger partial charge >= 0.3 is 0 Å². The van der Waals surface area contributed by atoms with E-state index in [-0.39, 0.29) is 17.9 Å². The fourth-order valence-electron chi connectivity index (χ4n) is 2.34. The number of carbonyl (C=O) groups is 2. The average molecular weight is 210 g/mol. The normalized spacial score (nSPS) is 36.1. The van der Waals surface area contributed by atoms with Gasteiger partial charge in [-0.25, -0.2) is 0 Å². The first kappa shape index (κ1) is 10.5. The van der Waals surface area contributed by atoms with Crippen molar-refractivity contribution in [3.05, 3.63) is 0 Å². The molecule has 4 heteroatoms. The van der Waals surface area contributed by atoms with E-state index >= 15 is 0 Å². The first-order chi connectivity index (χ1) is 7.13. The van der Waals surface area contributed by atoms with Crippen molar-refractivity contribution in [1.82, 2.24) is 10.2 Å². The Balaban J connectivity index is 2.04. The molecule has 15 heavy (non-hydrogen) atoms. The van der Waals surface area contributed by atoms with Gasteiger partial charge in [0.1, 0.15) is 6.04 Å². The highest BCUT2D eigenvalue weighted by Gasteiger charge is 2.44. The van der Waals surface area contributed by atoms with Gasteiger partial charge in [0.05, 0.1) is 0 Å². The Morgan fingerprint density at radius 2 is 2.20 bits per heavy atom. The third-order valence-electron chi connectivity index (χ3n) is 3.42. The van der Waals surface area contributed by atoms with Crippen molar-refractivity contribution in [2.24, 2.45) is 5.92 Å². The zero-order valence-corrected chi connectivity index (χ0v) is 9.32. The zero-order valence-electron chi connectivity index (χ0n) is 9.32. The summed E-state index contributed by atoms with van der Waals surface area (Å²) in [6.45, 7) is 4.51. The van der Waals surface area contributed by atoms with Crippen LogP contribution in [0.3, 0.4) is 0 Å². The van der Waals surface area contributed by atoms with Gasteiger partial charge in [0.2, 0.25) is 11.8 Å². The number of amides is 2. The van der Waals surface area contributed by atoms with E-state index in [1.54, 1.807) is 6.92 Å². The first-order valence-electron chi connectivity index (χ1n) is 5.73. The van der Waals surface area contributed by atoms with Gasteiger partial charge in [-0.05, 0) is 19.3 Å². The highest BCUT2D eigenvalue weighted by molar-refractivity contribution is 5.90. The summed E-state index contributed by atoms with van der Waals surface area (Å²) in [5.41, 5.74) is 0. The van der Waals surface area contributed by atoms with Crippen LogP contribution in [0.15, 0.2) is 0 Å². The van der Waals surface area contributed by atoms with Crippen LogP contribution in [-0.2, 0) is 9.59 Å². The number of carbonyl (C=O) groups excluding carboxylic acids is 2. The average Bonchev–Trinajstić information content (AvgIpc) is 2.96. The summed E-state index contributed by atoms with van der Waals surface area (Å²) < 4.78 is 0. The molecular weight excluding hydrogens is 192 g/mol. The molecule has 2 rings (SSSR count). The molecule has 84 valence electrons. The maximum Gasteiger partial charge on any atom is 0.245 e. The predicted molar refractivity (Wildman–Crippen MR) is 56.1 cm³/mol. The van der Waals surface area contributed by atoms with Gasteiger partial charge in [-0.1, -0.05) is 13.3 Å². The van der Waals surface area contributed by atoms with Crippen LogP contribution < -0.4 is 5.32 Å². The minimum Gasteiger partial charge on any atom is -0.345 e. The monoisotopic (exact) mass is 210 g/mol. The number of nitrogens with zero attached hydrogens (tertiary/aromatic N) is 1. The minimum atomic E-state index is -0.349. The van der Waals surface area contributed by atoms with E-state index in [4.69, 9.17) is 0 Å². The van der Waals surface area contributed by atoms with Gasteiger partial charge in [-0.15, -0.1) is 0 Å². The lowest BCUT2D eigenvalue weighted by Gasteiger charge is -2.22. The van der Waals surface area contributed by atoms with E-state index in [1.807, 2.05) is 4.90 Å². The fraction of sp³-hybridized carbons (Fsp3) is 0.818. The number of hydrogen-bond acceptors (Lipinski definition) is 2. The van der Waals surface area contributed by atoms with Crippen LogP contribution in [0.5, 0.6) is 0 Å². The van der Waals surface area contributed by atoms with Gasteiger partial charge in [0.25, 0.3) is 0 Å². The molecule has 0 aromatic rings. The smallest absolute Gasteiger partial charge is 0.245 e. The van der Waals surface area contributed by atoms with Crippen LogP contribution in [0.1, 0.15) is 33.1 Å². The largest absolute Gasteiger partial charge is 0.345 e. The van der Waals surface area contributed by atoms with Crippen molar-refractivity contribution < 1.29 is 9.59 Å². The molecule has 0 aromatic carbocycles. The van der Waals surface area contributed by atoms with Gasteiger partial charge in [0, 0.05) is 19.0 Å². The second-order valence-corrected chi connectivity index (χ2v) is 4.54. The van der Waals surface area contributed by atoms with Gasteiger partial charge in [-0.2, -0.15) is 0 Å². The molecule has 1 saturated heterocycles. The number of nitrogens with one attached hydrogen (secondary N) is 1. The van der Waals surface area contributed by atoms with Gasteiger partial charge < -0.3 is 10.2 Å². The molecule has 0 spiro atoms. The van der Waals surface area contributed by atoms with Crippen LogP contribution in [-0.4, -0.2) is 35.3 Å². The quantitative estimate of drug-likeness (QED) is 0.722. The van der Waals surface area contributed by atoms with Crippen LogP contribution in [0.2, 0.25) is 0 Å². The Bertz CT molecular complexity index is 290. The lowest BCUT2D eigenvalue weighted by atomic mass is 10.2. The first-order valence-corrected chi connectivity index (χ1v) is 5.73. The molecule has 0 aromatic heterocycles. The van der Waals surface area contributed by atoms with Crippen molar-refractivity contribution in [3.63, 3.8) is 0 Å². The Morgan fingerprint density at radius 3 is 2.80 bits per heavy atom. The molecule has 2 fully saturated rings. The summed E-state index contributed by atoms with van der Waals surface area (Å²) in [4.78, 5) is 25.1. The maximum absolute atomic E-state index is 11.9. The lowest BCUT2D eigenvalue weighted by Crippen LogP contribution is -2.43. The molecule has 1 saturated carbocycles. The topological polar surface area (TPSA) is 49.4 Å². The molecule has 1 heterocycles. The third kappa shape index (κ3) is 1.98. The van der Waals surface area contributed by atoms with Crippen molar-refractivity contribution in [1.29, 1.82) is 0 Å². The molecule has 3 unspecified atom stereocenters. The van der Waals surface area contributed by atoms with Crippen molar-refractivity contribution >= 4 is 11.8 Å². The third-order valence-corrected chi connectivity index (χ3v) is 3.42. The summed E-state index contributed by atoms with van der Waals surface area (Å²) in [7, 11) is 0. The van der Waals surface area contributed by atoms with Gasteiger partial charge in [0.15, 0.2) is 0 Å². The van der Waals surface area contributed by atoms with E-state index in [9.17, 15) is 9.59 Å². The Labute approximate surface area is 90.0 Å². The lowest BCUT2D eigenvalue weighted by molar-refractivity contribution is -0.133. The highest BCUT2D eigenvalue weighted by Crippen LogP contribution is 2.38. The molecule has 2 amide bonds. The van der Waals surface area contributed by atoms with E-state index < -0.39 is 0 Å². The Morgan fingerprint density at radius 1 is 1.47 bits per heavy atom. The summed E-state index contributed by atoms with van der Waals surface area (Å²) in [5.74, 6) is 0.739. The molecular formula is C11H18N2O2. The van der Waals surface area contributed by atoms with Crippen molar-refractivity contribution in [3.8, 4) is 0 Å². The van der Waals surface area contributed by atoms with E-state index in [0.717, 1.165) is 12.8 Å². The zero-order chi connectivity index (χ0) is 11.0.